The van der Waals surface area contributed by atoms with Gasteiger partial charge in [0.2, 0.25) is 11.8 Å². The second-order valence-corrected chi connectivity index (χ2v) is 3.59. The van der Waals surface area contributed by atoms with Crippen molar-refractivity contribution in [1.29, 1.82) is 0 Å². The van der Waals surface area contributed by atoms with Gasteiger partial charge in [0.15, 0.2) is 0 Å². The Hall–Kier alpha value is -1.45. The summed E-state index contributed by atoms with van der Waals surface area (Å²) in [5, 5.41) is 0. The largest absolute Gasteiger partial charge is 0.481 e. The molecule has 1 rings (SSSR count). The number of methoxy groups -OCH3 is 2. The summed E-state index contributed by atoms with van der Waals surface area (Å²) in [6.07, 6.45) is 0. The van der Waals surface area contributed by atoms with Crippen LogP contribution in [0.3, 0.4) is 0 Å². The predicted molar refractivity (Wildman–Crippen MR) is 60.9 cm³/mol. The Morgan fingerprint density at radius 2 is 1.87 bits per heavy atom. The quantitative estimate of drug-likeness (QED) is 0.760. The molecule has 0 aliphatic heterocycles. The number of ether oxygens (including phenoxy) is 2. The van der Waals surface area contributed by atoms with E-state index in [9.17, 15) is 0 Å². The van der Waals surface area contributed by atoms with Gasteiger partial charge in [0, 0.05) is 19.2 Å². The molecule has 1 aromatic heterocycles. The summed E-state index contributed by atoms with van der Waals surface area (Å²) < 4.78 is 10.3. The van der Waals surface area contributed by atoms with Gasteiger partial charge in [-0.1, -0.05) is 0 Å². The summed E-state index contributed by atoms with van der Waals surface area (Å²) in [4.78, 5) is 6.33. The normalized spacial score (nSPS) is 10.3. The molecule has 84 valence electrons. The van der Waals surface area contributed by atoms with Crippen molar-refractivity contribution < 1.29 is 9.47 Å². The van der Waals surface area contributed by atoms with E-state index in [0.717, 1.165) is 5.69 Å². The highest BCUT2D eigenvalue weighted by Crippen LogP contribution is 2.28. The van der Waals surface area contributed by atoms with Crippen LogP contribution in [0.4, 0.5) is 5.69 Å². The summed E-state index contributed by atoms with van der Waals surface area (Å²) in [7, 11) is 5.21. The zero-order chi connectivity index (χ0) is 11.4. The zero-order valence-electron chi connectivity index (χ0n) is 9.94. The van der Waals surface area contributed by atoms with Gasteiger partial charge in [-0.25, -0.2) is 0 Å². The number of aromatic nitrogens is 1. The lowest BCUT2D eigenvalue weighted by Gasteiger charge is -2.24. The molecule has 0 bridgehead atoms. The van der Waals surface area contributed by atoms with Crippen molar-refractivity contribution in [3.8, 4) is 11.8 Å². The maximum absolute atomic E-state index is 5.23. The summed E-state index contributed by atoms with van der Waals surface area (Å²) >= 11 is 0. The van der Waals surface area contributed by atoms with E-state index in [1.807, 2.05) is 19.2 Å². The van der Waals surface area contributed by atoms with Gasteiger partial charge >= 0.3 is 0 Å². The Morgan fingerprint density at radius 1 is 1.20 bits per heavy atom. The van der Waals surface area contributed by atoms with E-state index in [-0.39, 0.29) is 0 Å². The van der Waals surface area contributed by atoms with Gasteiger partial charge in [-0.05, 0) is 19.9 Å². The van der Waals surface area contributed by atoms with Crippen molar-refractivity contribution in [2.45, 2.75) is 19.9 Å². The molecular weight excluding hydrogens is 192 g/mol. The number of rotatable bonds is 4. The first kappa shape index (κ1) is 11.6. The number of hydrogen-bond donors (Lipinski definition) is 0. The minimum atomic E-state index is 0.397. The molecule has 0 saturated heterocycles. The van der Waals surface area contributed by atoms with E-state index >= 15 is 0 Å². The van der Waals surface area contributed by atoms with Crippen LogP contribution < -0.4 is 14.4 Å². The van der Waals surface area contributed by atoms with Gasteiger partial charge in [0.05, 0.1) is 14.2 Å². The molecule has 0 N–H and O–H groups in total. The average molecular weight is 210 g/mol. The molecule has 0 fully saturated rings. The number of nitrogens with zero attached hydrogens (tertiary/aromatic N) is 2. The van der Waals surface area contributed by atoms with Gasteiger partial charge in [-0.15, -0.1) is 0 Å². The van der Waals surface area contributed by atoms with Crippen molar-refractivity contribution in [3.05, 3.63) is 12.1 Å². The molecule has 4 nitrogen and oxygen atoms in total. The molecular formula is C11H18N2O2. The first-order valence-electron chi connectivity index (χ1n) is 4.92. The molecule has 4 heteroatoms. The van der Waals surface area contributed by atoms with E-state index in [1.54, 1.807) is 14.2 Å². The monoisotopic (exact) mass is 210 g/mol. The van der Waals surface area contributed by atoms with Gasteiger partial charge in [0.25, 0.3) is 0 Å². The van der Waals surface area contributed by atoms with Crippen molar-refractivity contribution in [1.82, 2.24) is 4.98 Å². The maximum atomic E-state index is 5.23. The van der Waals surface area contributed by atoms with E-state index in [0.29, 0.717) is 17.8 Å². The average Bonchev–Trinajstić information content (AvgIpc) is 2.27. The summed E-state index contributed by atoms with van der Waals surface area (Å²) in [5.74, 6) is 1.15. The molecule has 1 heterocycles. The summed E-state index contributed by atoms with van der Waals surface area (Å²) in [6, 6.07) is 4.18. The van der Waals surface area contributed by atoms with Crippen LogP contribution in [-0.4, -0.2) is 32.3 Å². The second kappa shape index (κ2) is 4.87. The van der Waals surface area contributed by atoms with E-state index in [1.165, 1.54) is 0 Å². The Labute approximate surface area is 90.8 Å². The molecule has 15 heavy (non-hydrogen) atoms. The van der Waals surface area contributed by atoms with Gasteiger partial charge in [0.1, 0.15) is 5.69 Å². The minimum absolute atomic E-state index is 0.397. The third-order valence-corrected chi connectivity index (χ3v) is 2.37. The maximum Gasteiger partial charge on any atom is 0.240 e. The highest BCUT2D eigenvalue weighted by atomic mass is 16.5. The van der Waals surface area contributed by atoms with Crippen LogP contribution in [-0.2, 0) is 0 Å². The third-order valence-electron chi connectivity index (χ3n) is 2.37. The summed E-state index contributed by atoms with van der Waals surface area (Å²) in [6.45, 7) is 4.23. The number of anilines is 1. The lowest BCUT2D eigenvalue weighted by molar-refractivity contribution is 0.364. The Kier molecular flexibility index (Phi) is 3.77. The van der Waals surface area contributed by atoms with Crippen LogP contribution in [0.5, 0.6) is 11.8 Å². The number of hydrogen-bond acceptors (Lipinski definition) is 4. The first-order chi connectivity index (χ1) is 7.10. The predicted octanol–water partition coefficient (Wildman–Crippen LogP) is 1.94. The smallest absolute Gasteiger partial charge is 0.240 e. The fraction of sp³-hybridized carbons (Fsp3) is 0.545. The molecule has 0 aliphatic carbocycles. The van der Waals surface area contributed by atoms with Gasteiger partial charge in [-0.2, -0.15) is 4.98 Å². The van der Waals surface area contributed by atoms with Crippen LogP contribution >= 0.6 is 0 Å². The van der Waals surface area contributed by atoms with Crippen molar-refractivity contribution in [2.75, 3.05) is 26.2 Å². The van der Waals surface area contributed by atoms with Gasteiger partial charge in [-0.3, -0.25) is 0 Å². The molecule has 0 spiro atoms. The number of pyridine rings is 1. The third kappa shape index (κ3) is 2.52. The van der Waals surface area contributed by atoms with E-state index in [2.05, 4.69) is 23.7 Å². The van der Waals surface area contributed by atoms with Crippen LogP contribution in [0.1, 0.15) is 13.8 Å². The fourth-order valence-electron chi connectivity index (χ4n) is 1.23. The van der Waals surface area contributed by atoms with Crippen LogP contribution in [0.15, 0.2) is 12.1 Å². The van der Waals surface area contributed by atoms with Crippen LogP contribution in [0.25, 0.3) is 0 Å². The summed E-state index contributed by atoms with van der Waals surface area (Å²) in [5.41, 5.74) is 0.966. The van der Waals surface area contributed by atoms with E-state index < -0.39 is 0 Å². The second-order valence-electron chi connectivity index (χ2n) is 3.59. The highest BCUT2D eigenvalue weighted by molar-refractivity contribution is 5.56. The topological polar surface area (TPSA) is 34.6 Å². The Morgan fingerprint density at radius 3 is 2.33 bits per heavy atom. The first-order valence-corrected chi connectivity index (χ1v) is 4.92. The molecule has 0 saturated carbocycles. The zero-order valence-corrected chi connectivity index (χ0v) is 9.94. The van der Waals surface area contributed by atoms with Gasteiger partial charge < -0.3 is 14.4 Å². The fourth-order valence-corrected chi connectivity index (χ4v) is 1.23. The SMILES string of the molecule is COc1ccc(N(C)C(C)C)c(OC)n1. The molecule has 0 aliphatic rings. The minimum Gasteiger partial charge on any atom is -0.481 e. The Balaban J connectivity index is 3.07. The lowest BCUT2D eigenvalue weighted by Crippen LogP contribution is -2.26. The molecule has 0 radical (unpaired) electrons. The van der Waals surface area contributed by atoms with Crippen molar-refractivity contribution in [3.63, 3.8) is 0 Å². The molecule has 1 aromatic rings. The molecule has 0 atom stereocenters. The van der Waals surface area contributed by atoms with E-state index in [4.69, 9.17) is 9.47 Å². The Bertz CT molecular complexity index is 326. The molecule has 0 unspecified atom stereocenters. The highest BCUT2D eigenvalue weighted by Gasteiger charge is 2.12. The molecule has 0 aromatic carbocycles. The standard InChI is InChI=1S/C11H18N2O2/c1-8(2)13(3)9-6-7-10(14-4)12-11(9)15-5/h6-8H,1-5H3. The lowest BCUT2D eigenvalue weighted by atomic mass is 10.3. The van der Waals surface area contributed by atoms with Crippen molar-refractivity contribution in [2.24, 2.45) is 0 Å². The van der Waals surface area contributed by atoms with Crippen LogP contribution in [0, 0.1) is 0 Å². The van der Waals surface area contributed by atoms with Crippen molar-refractivity contribution >= 4 is 5.69 Å². The van der Waals surface area contributed by atoms with Crippen LogP contribution in [0.2, 0.25) is 0 Å². The molecule has 0 amide bonds.